The molecule has 0 aliphatic heterocycles. The van der Waals surface area contributed by atoms with Gasteiger partial charge in [0.15, 0.2) is 23.3 Å². The van der Waals surface area contributed by atoms with Crippen LogP contribution in [0.4, 0.5) is 26.1 Å². The maximum atomic E-state index is 14.0. The quantitative estimate of drug-likeness (QED) is 0.936. The highest BCUT2D eigenvalue weighted by molar-refractivity contribution is 5.67. The third-order valence-electron chi connectivity index (χ3n) is 2.96. The number of aromatic nitrogens is 1. The zero-order valence-electron chi connectivity index (χ0n) is 11.7. The number of rotatable bonds is 4. The number of pyridine rings is 1. The van der Waals surface area contributed by atoms with Crippen molar-refractivity contribution in [2.24, 2.45) is 0 Å². The number of anilines is 3. The molecule has 4 nitrogen and oxygen atoms in total. The van der Waals surface area contributed by atoms with Crippen LogP contribution in [-0.2, 0) is 0 Å². The minimum atomic E-state index is -0.788. The van der Waals surface area contributed by atoms with Gasteiger partial charge in [0.2, 0.25) is 0 Å². The van der Waals surface area contributed by atoms with Crippen LogP contribution < -0.4 is 10.2 Å². The molecule has 0 saturated heterocycles. The highest BCUT2D eigenvalue weighted by Gasteiger charge is 2.17. The SMILES string of the molecule is CCNc1nc(N(C)c2ccccc2C#N)c(F)cc1F. The van der Waals surface area contributed by atoms with Gasteiger partial charge in [-0.1, -0.05) is 12.1 Å². The topological polar surface area (TPSA) is 52.0 Å². The van der Waals surface area contributed by atoms with Crippen LogP contribution in [0.3, 0.4) is 0 Å². The molecular weight excluding hydrogens is 274 g/mol. The highest BCUT2D eigenvalue weighted by Crippen LogP contribution is 2.29. The Morgan fingerprint density at radius 3 is 2.67 bits per heavy atom. The van der Waals surface area contributed by atoms with Crippen LogP contribution in [-0.4, -0.2) is 18.6 Å². The van der Waals surface area contributed by atoms with Crippen LogP contribution in [0.25, 0.3) is 0 Å². The predicted molar refractivity (Wildman–Crippen MR) is 77.5 cm³/mol. The molecule has 1 heterocycles. The van der Waals surface area contributed by atoms with Crippen molar-refractivity contribution in [1.82, 2.24) is 4.98 Å². The normalized spacial score (nSPS) is 10.0. The van der Waals surface area contributed by atoms with Gasteiger partial charge in [-0.2, -0.15) is 5.26 Å². The van der Waals surface area contributed by atoms with E-state index in [-0.39, 0.29) is 11.6 Å². The minimum Gasteiger partial charge on any atom is -0.368 e. The van der Waals surface area contributed by atoms with Crippen LogP contribution >= 0.6 is 0 Å². The van der Waals surface area contributed by atoms with E-state index in [1.54, 1.807) is 38.2 Å². The number of nitrogens with zero attached hydrogens (tertiary/aromatic N) is 3. The smallest absolute Gasteiger partial charge is 0.171 e. The zero-order valence-corrected chi connectivity index (χ0v) is 11.7. The van der Waals surface area contributed by atoms with Gasteiger partial charge in [-0.05, 0) is 19.1 Å². The number of benzene rings is 1. The van der Waals surface area contributed by atoms with Gasteiger partial charge in [-0.25, -0.2) is 13.8 Å². The fourth-order valence-corrected chi connectivity index (χ4v) is 1.96. The van der Waals surface area contributed by atoms with Gasteiger partial charge in [0, 0.05) is 19.7 Å². The molecule has 0 radical (unpaired) electrons. The molecule has 0 fully saturated rings. The van der Waals surface area contributed by atoms with Gasteiger partial charge < -0.3 is 10.2 Å². The zero-order chi connectivity index (χ0) is 15.4. The van der Waals surface area contributed by atoms with Crippen molar-refractivity contribution in [3.8, 4) is 6.07 Å². The Balaban J connectivity index is 2.50. The van der Waals surface area contributed by atoms with E-state index in [4.69, 9.17) is 5.26 Å². The van der Waals surface area contributed by atoms with Crippen molar-refractivity contribution in [3.05, 3.63) is 47.5 Å². The van der Waals surface area contributed by atoms with E-state index in [1.165, 1.54) is 4.90 Å². The van der Waals surface area contributed by atoms with Crippen LogP contribution in [0, 0.1) is 23.0 Å². The molecule has 1 aromatic carbocycles. The number of para-hydroxylation sites is 1. The third kappa shape index (κ3) is 2.92. The number of nitriles is 1. The van der Waals surface area contributed by atoms with Crippen LogP contribution in [0.1, 0.15) is 12.5 Å². The van der Waals surface area contributed by atoms with Crippen LogP contribution in [0.5, 0.6) is 0 Å². The van der Waals surface area contributed by atoms with Crippen molar-refractivity contribution in [2.75, 3.05) is 23.8 Å². The van der Waals surface area contributed by atoms with E-state index in [2.05, 4.69) is 10.3 Å². The largest absolute Gasteiger partial charge is 0.368 e. The van der Waals surface area contributed by atoms with Gasteiger partial charge in [0.1, 0.15) is 6.07 Å². The number of nitrogens with one attached hydrogen (secondary N) is 1. The highest BCUT2D eigenvalue weighted by atomic mass is 19.1. The average Bonchev–Trinajstić information content (AvgIpc) is 2.49. The van der Waals surface area contributed by atoms with Crippen molar-refractivity contribution in [3.63, 3.8) is 0 Å². The van der Waals surface area contributed by atoms with Gasteiger partial charge in [-0.15, -0.1) is 0 Å². The molecule has 0 atom stereocenters. The van der Waals surface area contributed by atoms with E-state index in [9.17, 15) is 8.78 Å². The molecule has 0 bridgehead atoms. The Bertz CT molecular complexity index is 695. The van der Waals surface area contributed by atoms with E-state index in [1.807, 2.05) is 6.07 Å². The lowest BCUT2D eigenvalue weighted by Crippen LogP contribution is -2.16. The second kappa shape index (κ2) is 6.18. The fraction of sp³-hybridized carbons (Fsp3) is 0.200. The first-order valence-corrected chi connectivity index (χ1v) is 6.41. The van der Waals surface area contributed by atoms with Crippen LogP contribution in [0.2, 0.25) is 0 Å². The molecule has 0 amide bonds. The van der Waals surface area contributed by atoms with E-state index in [0.717, 1.165) is 6.07 Å². The maximum absolute atomic E-state index is 14.0. The molecule has 6 heteroatoms. The summed E-state index contributed by atoms with van der Waals surface area (Å²) in [6.45, 7) is 2.26. The summed E-state index contributed by atoms with van der Waals surface area (Å²) in [7, 11) is 1.58. The van der Waals surface area contributed by atoms with Gasteiger partial charge in [-0.3, -0.25) is 0 Å². The van der Waals surface area contributed by atoms with Crippen molar-refractivity contribution in [2.45, 2.75) is 6.92 Å². The summed E-state index contributed by atoms with van der Waals surface area (Å²) in [5.74, 6) is -1.60. The second-order valence-electron chi connectivity index (χ2n) is 4.34. The summed E-state index contributed by atoms with van der Waals surface area (Å²) in [4.78, 5) is 5.39. The molecule has 0 spiro atoms. The van der Waals surface area contributed by atoms with Gasteiger partial charge in [0.25, 0.3) is 0 Å². The van der Waals surface area contributed by atoms with Gasteiger partial charge in [0.05, 0.1) is 11.3 Å². The Hall–Kier alpha value is -2.68. The Morgan fingerprint density at radius 1 is 1.29 bits per heavy atom. The Kier molecular flexibility index (Phi) is 4.33. The van der Waals surface area contributed by atoms with Crippen molar-refractivity contribution in [1.29, 1.82) is 5.26 Å². The van der Waals surface area contributed by atoms with E-state index >= 15 is 0 Å². The molecule has 2 aromatic rings. The fourth-order valence-electron chi connectivity index (χ4n) is 1.96. The number of hydrogen-bond donors (Lipinski definition) is 1. The summed E-state index contributed by atoms with van der Waals surface area (Å²) < 4.78 is 27.6. The summed E-state index contributed by atoms with van der Waals surface area (Å²) in [5.41, 5.74) is 0.885. The molecule has 0 aliphatic rings. The average molecular weight is 288 g/mol. The first kappa shape index (κ1) is 14.7. The lowest BCUT2D eigenvalue weighted by Gasteiger charge is -2.21. The first-order valence-electron chi connectivity index (χ1n) is 6.41. The molecule has 21 heavy (non-hydrogen) atoms. The molecule has 1 N–H and O–H groups in total. The Morgan fingerprint density at radius 2 is 2.00 bits per heavy atom. The van der Waals surface area contributed by atoms with Crippen LogP contribution in [0.15, 0.2) is 30.3 Å². The summed E-state index contributed by atoms with van der Waals surface area (Å²) in [5, 5.41) is 11.8. The van der Waals surface area contributed by atoms with Crippen molar-refractivity contribution >= 4 is 17.3 Å². The molecule has 0 unspecified atom stereocenters. The summed E-state index contributed by atoms with van der Waals surface area (Å²) in [6.07, 6.45) is 0. The van der Waals surface area contributed by atoms with E-state index in [0.29, 0.717) is 17.8 Å². The maximum Gasteiger partial charge on any atom is 0.171 e. The van der Waals surface area contributed by atoms with Gasteiger partial charge >= 0.3 is 0 Å². The summed E-state index contributed by atoms with van der Waals surface area (Å²) >= 11 is 0. The molecule has 0 saturated carbocycles. The predicted octanol–water partition coefficient (Wildman–Crippen LogP) is 3.43. The minimum absolute atomic E-state index is 0.0183. The second-order valence-corrected chi connectivity index (χ2v) is 4.34. The number of hydrogen-bond acceptors (Lipinski definition) is 4. The molecule has 0 aliphatic carbocycles. The first-order chi connectivity index (χ1) is 10.1. The molecule has 2 rings (SSSR count). The van der Waals surface area contributed by atoms with E-state index < -0.39 is 11.6 Å². The van der Waals surface area contributed by atoms with Crippen molar-refractivity contribution < 1.29 is 8.78 Å². The standard InChI is InChI=1S/C15H14F2N4/c1-3-19-14-11(16)8-12(17)15(20-14)21(2)13-7-5-4-6-10(13)9-18/h4-8H,3H2,1-2H3,(H,19,20). The third-order valence-corrected chi connectivity index (χ3v) is 2.96. The Labute approximate surface area is 121 Å². The monoisotopic (exact) mass is 288 g/mol. The lowest BCUT2D eigenvalue weighted by molar-refractivity contribution is 0.576. The summed E-state index contributed by atoms with van der Waals surface area (Å²) in [6, 6.07) is 9.57. The lowest BCUT2D eigenvalue weighted by atomic mass is 10.2. The molecule has 1 aromatic heterocycles. The molecular formula is C15H14F2N4. The number of halogens is 2. The molecule has 108 valence electrons.